The second-order valence-electron chi connectivity index (χ2n) is 8.11. The summed E-state index contributed by atoms with van der Waals surface area (Å²) < 4.78 is 19.4. The number of carbonyl (C=O) groups excluding carboxylic acids is 1. The van der Waals surface area contributed by atoms with E-state index in [1.54, 1.807) is 24.3 Å². The van der Waals surface area contributed by atoms with E-state index in [0.29, 0.717) is 23.5 Å². The second-order valence-corrected chi connectivity index (χ2v) is 8.11. The van der Waals surface area contributed by atoms with Crippen molar-refractivity contribution in [2.75, 3.05) is 0 Å². The van der Waals surface area contributed by atoms with Crippen LogP contribution in [0.4, 0.5) is 0 Å². The number of nitrogens with two attached hydrogens (primary N) is 1. The van der Waals surface area contributed by atoms with Crippen molar-refractivity contribution in [1.82, 2.24) is 0 Å². The van der Waals surface area contributed by atoms with Gasteiger partial charge in [0.05, 0.1) is 5.56 Å². The molecule has 0 aromatic heterocycles. The highest BCUT2D eigenvalue weighted by Crippen LogP contribution is 2.18. The molecule has 0 aliphatic rings. The Kier molecular flexibility index (Phi) is 12.3. The summed E-state index contributed by atoms with van der Waals surface area (Å²) in [7, 11) is 0. The lowest BCUT2D eigenvalue weighted by Crippen LogP contribution is -2.10. The van der Waals surface area contributed by atoms with Crippen LogP contribution in [0.1, 0.15) is 99.1 Å². The van der Waals surface area contributed by atoms with Crippen molar-refractivity contribution in [2.45, 2.75) is 67.2 Å². The average Bonchev–Trinajstić information content (AvgIpc) is 2.83. The summed E-state index contributed by atoms with van der Waals surface area (Å²) in [5.41, 5.74) is 4.96. The summed E-state index contributed by atoms with van der Waals surface area (Å²) in [5.74, 6) is -0.407. The van der Waals surface area contributed by atoms with Gasteiger partial charge in [0.15, 0.2) is 1.41 Å². The van der Waals surface area contributed by atoms with E-state index >= 15 is 0 Å². The predicted molar refractivity (Wildman–Crippen MR) is 130 cm³/mol. The molecule has 0 radical (unpaired) electrons. The third-order valence-electron chi connectivity index (χ3n) is 4.22. The van der Waals surface area contributed by atoms with Gasteiger partial charge in [0.1, 0.15) is 0 Å². The fourth-order valence-corrected chi connectivity index (χ4v) is 2.54. The largest absolute Gasteiger partial charge is 0.481 e. The lowest BCUT2D eigenvalue weighted by atomic mass is 9.97. The molecule has 0 atom stereocenters. The summed E-state index contributed by atoms with van der Waals surface area (Å²) in [5, 5.41) is 7.61. The summed E-state index contributed by atoms with van der Waals surface area (Å²) in [6.45, 7) is 12.0. The Labute approximate surface area is 196 Å². The SMILES string of the molecule is C.[3H]NC(=O)c1ccc(C(C)C)cc1.[3H]OC(=O)CC(C)C.[3H]OC(=O)c1ccccc1C(C)C. The molecule has 1 amide bonds. The molecule has 0 spiro atoms. The molecule has 0 unspecified atom stereocenters. The van der Waals surface area contributed by atoms with Crippen molar-refractivity contribution in [2.24, 2.45) is 11.6 Å². The minimum Gasteiger partial charge on any atom is -0.481 e. The standard InChI is InChI=1S/C10H13NO.C10H12O2.C5H10O2.CH4/c1-7(2)8-3-5-9(6-4-8)10(11)12;1-7(2)8-5-3-4-6-9(8)10(11)12;1-4(2)3-5(6)7;/h3-7H,1-2H3,(H2,11,12);3-7H,1-2H3,(H,11,12);4H,3H2,1-2H3,(H,6,7);1H4/i/hT3. The highest BCUT2D eigenvalue weighted by Gasteiger charge is 2.10. The smallest absolute Gasteiger partial charge is 0.335 e. The van der Waals surface area contributed by atoms with E-state index < -0.39 is 11.9 Å². The molecule has 2 rings (SSSR count). The van der Waals surface area contributed by atoms with E-state index in [1.165, 1.54) is 5.56 Å². The lowest BCUT2D eigenvalue weighted by molar-refractivity contribution is -0.137. The van der Waals surface area contributed by atoms with Crippen molar-refractivity contribution < 1.29 is 26.0 Å². The number of carboxylic acids is 2. The van der Waals surface area contributed by atoms with Gasteiger partial charge < -0.3 is 15.9 Å². The Morgan fingerprint density at radius 3 is 1.91 bits per heavy atom. The normalized spacial score (nSPS) is 10.7. The molecule has 6 heteroatoms. The average molecular weight is 452 g/mol. The maximum atomic E-state index is 11.1. The lowest BCUT2D eigenvalue weighted by Gasteiger charge is -2.07. The third-order valence-corrected chi connectivity index (χ3v) is 4.22. The first-order valence-electron chi connectivity index (χ1n) is 11.5. The van der Waals surface area contributed by atoms with Crippen LogP contribution < -0.4 is 5.73 Å². The van der Waals surface area contributed by atoms with Gasteiger partial charge in [0, 0.05) is 12.0 Å². The fraction of sp³-hybridized carbons (Fsp3) is 0.423. The third kappa shape index (κ3) is 12.5. The molecule has 0 saturated heterocycles. The Bertz CT molecular complexity index is 900. The number of primary amides is 1. The monoisotopic (exact) mass is 451 g/mol. The number of aliphatic carboxylic acids is 1. The first-order chi connectivity index (χ1) is 16.0. The van der Waals surface area contributed by atoms with Gasteiger partial charge in [-0.1, -0.05) is 79.3 Å². The van der Waals surface area contributed by atoms with Crippen LogP contribution >= 0.6 is 0 Å². The van der Waals surface area contributed by atoms with Crippen LogP contribution in [0.3, 0.4) is 0 Å². The van der Waals surface area contributed by atoms with Gasteiger partial charge in [0.2, 0.25) is 5.91 Å². The van der Waals surface area contributed by atoms with Gasteiger partial charge in [-0.05, 0) is 47.1 Å². The Hall–Kier alpha value is -3.15. The van der Waals surface area contributed by atoms with Gasteiger partial charge in [-0.15, -0.1) is 0 Å². The van der Waals surface area contributed by atoms with Crippen molar-refractivity contribution in [3.05, 3.63) is 70.8 Å². The molecule has 6 nitrogen and oxygen atoms in total. The molecule has 0 bridgehead atoms. The summed E-state index contributed by atoms with van der Waals surface area (Å²) in [4.78, 5) is 32.3. The van der Waals surface area contributed by atoms with Crippen LogP contribution in [0, 0.1) is 5.92 Å². The van der Waals surface area contributed by atoms with Crippen LogP contribution in [0.25, 0.3) is 2.86 Å². The van der Waals surface area contributed by atoms with Crippen molar-refractivity contribution in [3.63, 3.8) is 0 Å². The molecular weight excluding hydrogens is 406 g/mol. The highest BCUT2D eigenvalue weighted by atomic mass is 16.4. The van der Waals surface area contributed by atoms with Crippen LogP contribution in [0.5, 0.6) is 0 Å². The zero-order valence-electron chi connectivity index (χ0n) is 22.1. The molecule has 0 heterocycles. The molecule has 32 heavy (non-hydrogen) atoms. The topological polar surface area (TPSA) is 118 Å². The first-order valence-corrected chi connectivity index (χ1v) is 10.2. The van der Waals surface area contributed by atoms with Gasteiger partial charge in [-0.25, -0.2) is 4.79 Å². The number of hydrogen-bond donors (Lipinski definition) is 3. The molecule has 178 valence electrons. The minimum atomic E-state index is -0.593. The molecule has 2 aromatic carbocycles. The van der Waals surface area contributed by atoms with Gasteiger partial charge in [-0.2, -0.15) is 0 Å². The van der Waals surface area contributed by atoms with E-state index in [-0.39, 0.29) is 25.2 Å². The van der Waals surface area contributed by atoms with Crippen LogP contribution in [-0.4, -0.2) is 28.1 Å². The van der Waals surface area contributed by atoms with Crippen LogP contribution in [0.2, 0.25) is 1.41 Å². The minimum absolute atomic E-state index is 0. The van der Waals surface area contributed by atoms with Gasteiger partial charge in [-0.3, -0.25) is 9.59 Å². The van der Waals surface area contributed by atoms with Crippen molar-refractivity contribution in [3.8, 4) is 0 Å². The van der Waals surface area contributed by atoms with Crippen LogP contribution in [-0.2, 0) is 4.79 Å². The fourth-order valence-electron chi connectivity index (χ4n) is 2.54. The first kappa shape index (κ1) is 25.1. The second kappa shape index (κ2) is 15.6. The molecule has 4 N–H and O–H groups in total. The zero-order valence-corrected chi connectivity index (χ0v) is 19.1. The molecule has 0 aliphatic carbocycles. The summed E-state index contributed by atoms with van der Waals surface area (Å²) in [6.07, 6.45) is 0.337. The van der Waals surface area contributed by atoms with Crippen molar-refractivity contribution in [1.29, 1.82) is 2.86 Å². The van der Waals surface area contributed by atoms with Crippen molar-refractivity contribution >= 4 is 17.8 Å². The molecule has 0 saturated carbocycles. The number of carbonyl (C=O) groups is 3. The zero-order chi connectivity index (χ0) is 26.3. The Balaban J connectivity index is 0. The maximum absolute atomic E-state index is 11.1. The quantitative estimate of drug-likeness (QED) is 0.485. The van der Waals surface area contributed by atoms with E-state index in [0.717, 1.165) is 5.56 Å². The number of amides is 1. The van der Waals surface area contributed by atoms with E-state index in [2.05, 4.69) is 24.1 Å². The van der Waals surface area contributed by atoms with Gasteiger partial charge in [0.25, 0.3) is 2.86 Å². The highest BCUT2D eigenvalue weighted by molar-refractivity contribution is 5.92. The maximum Gasteiger partial charge on any atom is 0.335 e. The van der Waals surface area contributed by atoms with Gasteiger partial charge >= 0.3 is 11.9 Å². The van der Waals surface area contributed by atoms with E-state index in [4.69, 9.17) is 4.27 Å². The summed E-state index contributed by atoms with van der Waals surface area (Å²) >= 11 is 0. The Morgan fingerprint density at radius 1 is 0.906 bits per heavy atom. The number of hydrogen-bond acceptors (Lipinski definition) is 5. The number of carboxylic acid groups (broad SMARTS) is 2. The number of aromatic carboxylic acids is 1. The number of benzene rings is 2. The molecular formula is C26H39NO5. The summed E-state index contributed by atoms with van der Waals surface area (Å²) in [6, 6.07) is 14.5. The van der Waals surface area contributed by atoms with Crippen LogP contribution in [0.15, 0.2) is 48.5 Å². The number of rotatable bonds is 6. The molecule has 0 fully saturated rings. The molecule has 2 aromatic rings. The predicted octanol–water partition coefficient (Wildman–Crippen LogP) is 6.17. The van der Waals surface area contributed by atoms with E-state index in [1.807, 2.05) is 57.7 Å². The Morgan fingerprint density at radius 2 is 1.50 bits per heavy atom. The molecule has 0 aliphatic heterocycles. The van der Waals surface area contributed by atoms with E-state index in [9.17, 15) is 14.4 Å².